The molecular weight excluding hydrogens is 194 g/mol. The van der Waals surface area contributed by atoms with Gasteiger partial charge in [0.05, 0.1) is 0 Å². The van der Waals surface area contributed by atoms with Crippen LogP contribution in [0.2, 0.25) is 0 Å². The fourth-order valence-corrected chi connectivity index (χ4v) is 2.99. The van der Waals surface area contributed by atoms with Gasteiger partial charge in [-0.15, -0.1) is 0 Å². The van der Waals surface area contributed by atoms with E-state index in [1.54, 1.807) is 0 Å². The summed E-state index contributed by atoms with van der Waals surface area (Å²) >= 11 is 0. The van der Waals surface area contributed by atoms with Crippen LogP contribution in [0.25, 0.3) is 0 Å². The van der Waals surface area contributed by atoms with Crippen LogP contribution >= 0.6 is 0 Å². The molecule has 0 saturated carbocycles. The van der Waals surface area contributed by atoms with Crippen molar-refractivity contribution in [1.82, 2.24) is 5.32 Å². The molecule has 1 nitrogen and oxygen atoms in total. The molecule has 1 rings (SSSR count). The molecule has 16 heavy (non-hydrogen) atoms. The first-order valence-electron chi connectivity index (χ1n) is 7.32. The van der Waals surface area contributed by atoms with Gasteiger partial charge in [0.15, 0.2) is 0 Å². The molecular formula is C15H31N. The van der Waals surface area contributed by atoms with Gasteiger partial charge in [-0.25, -0.2) is 0 Å². The van der Waals surface area contributed by atoms with Gasteiger partial charge in [-0.2, -0.15) is 0 Å². The summed E-state index contributed by atoms with van der Waals surface area (Å²) in [6.45, 7) is 10.7. The molecule has 0 aromatic carbocycles. The third-order valence-electron chi connectivity index (χ3n) is 4.29. The summed E-state index contributed by atoms with van der Waals surface area (Å²) in [5.41, 5.74) is 0.450. The molecule has 1 aliphatic heterocycles. The first-order chi connectivity index (χ1) is 7.57. The van der Waals surface area contributed by atoms with Crippen molar-refractivity contribution in [3.8, 4) is 0 Å². The van der Waals surface area contributed by atoms with Crippen LogP contribution < -0.4 is 5.32 Å². The Kier molecular flexibility index (Phi) is 5.82. The molecule has 1 heteroatoms. The smallest absolute Gasteiger partial charge is 0.0204 e. The second kappa shape index (κ2) is 6.64. The topological polar surface area (TPSA) is 12.0 Å². The number of rotatable bonds is 5. The first kappa shape index (κ1) is 14.0. The maximum Gasteiger partial charge on any atom is 0.0204 e. The SMILES string of the molecule is CC(C)CCCC1(C(C)C)CCCCCN1. The molecule has 0 aliphatic carbocycles. The number of hydrogen-bond acceptors (Lipinski definition) is 1. The van der Waals surface area contributed by atoms with Crippen molar-refractivity contribution in [1.29, 1.82) is 0 Å². The van der Waals surface area contributed by atoms with Crippen molar-refractivity contribution in [2.75, 3.05) is 6.54 Å². The van der Waals surface area contributed by atoms with Gasteiger partial charge in [-0.3, -0.25) is 0 Å². The lowest BCUT2D eigenvalue weighted by atomic mass is 9.78. The van der Waals surface area contributed by atoms with Gasteiger partial charge >= 0.3 is 0 Å². The second-order valence-corrected chi connectivity index (χ2v) is 6.33. The third kappa shape index (κ3) is 4.08. The van der Waals surface area contributed by atoms with Crippen molar-refractivity contribution < 1.29 is 0 Å². The van der Waals surface area contributed by atoms with Crippen molar-refractivity contribution in [2.45, 2.75) is 78.2 Å². The van der Waals surface area contributed by atoms with E-state index in [1.165, 1.54) is 51.5 Å². The molecule has 0 spiro atoms. The third-order valence-corrected chi connectivity index (χ3v) is 4.29. The summed E-state index contributed by atoms with van der Waals surface area (Å²) in [6.07, 6.45) is 9.77. The van der Waals surface area contributed by atoms with Crippen molar-refractivity contribution in [3.05, 3.63) is 0 Å². The monoisotopic (exact) mass is 225 g/mol. The highest BCUT2D eigenvalue weighted by Crippen LogP contribution is 2.32. The Morgan fingerprint density at radius 3 is 2.44 bits per heavy atom. The van der Waals surface area contributed by atoms with E-state index in [-0.39, 0.29) is 0 Å². The van der Waals surface area contributed by atoms with Gasteiger partial charge in [0.1, 0.15) is 0 Å². The Labute approximate surface area is 102 Å². The van der Waals surface area contributed by atoms with Crippen LogP contribution in [0.4, 0.5) is 0 Å². The van der Waals surface area contributed by atoms with E-state index in [0.29, 0.717) is 5.54 Å². The minimum atomic E-state index is 0.450. The van der Waals surface area contributed by atoms with Gasteiger partial charge < -0.3 is 5.32 Å². The maximum atomic E-state index is 3.87. The lowest BCUT2D eigenvalue weighted by molar-refractivity contribution is 0.202. The predicted octanol–water partition coefficient (Wildman–Crippen LogP) is 4.37. The number of nitrogens with one attached hydrogen (secondary N) is 1. The molecule has 1 heterocycles. The van der Waals surface area contributed by atoms with E-state index in [9.17, 15) is 0 Å². The summed E-state index contributed by atoms with van der Waals surface area (Å²) in [4.78, 5) is 0. The van der Waals surface area contributed by atoms with E-state index in [2.05, 4.69) is 33.0 Å². The highest BCUT2D eigenvalue weighted by atomic mass is 15.0. The van der Waals surface area contributed by atoms with Crippen LogP contribution in [0.5, 0.6) is 0 Å². The van der Waals surface area contributed by atoms with Gasteiger partial charge in [0, 0.05) is 5.54 Å². The second-order valence-electron chi connectivity index (χ2n) is 6.33. The molecule has 1 fully saturated rings. The normalized spacial score (nSPS) is 27.4. The average molecular weight is 225 g/mol. The van der Waals surface area contributed by atoms with Gasteiger partial charge in [-0.1, -0.05) is 53.4 Å². The predicted molar refractivity (Wildman–Crippen MR) is 72.7 cm³/mol. The van der Waals surface area contributed by atoms with E-state index < -0.39 is 0 Å². The van der Waals surface area contributed by atoms with Crippen LogP contribution in [0.15, 0.2) is 0 Å². The molecule has 0 bridgehead atoms. The first-order valence-corrected chi connectivity index (χ1v) is 7.32. The zero-order chi connectivity index (χ0) is 12.0. The molecule has 1 unspecified atom stereocenters. The van der Waals surface area contributed by atoms with E-state index >= 15 is 0 Å². The van der Waals surface area contributed by atoms with E-state index in [0.717, 1.165) is 11.8 Å². The van der Waals surface area contributed by atoms with Crippen LogP contribution in [0.3, 0.4) is 0 Å². The molecule has 0 aromatic rings. The Morgan fingerprint density at radius 2 is 1.81 bits per heavy atom. The highest BCUT2D eigenvalue weighted by Gasteiger charge is 2.33. The van der Waals surface area contributed by atoms with E-state index in [4.69, 9.17) is 0 Å². The zero-order valence-corrected chi connectivity index (χ0v) is 11.8. The van der Waals surface area contributed by atoms with Crippen LogP contribution in [0, 0.1) is 11.8 Å². The fraction of sp³-hybridized carbons (Fsp3) is 1.00. The molecule has 1 saturated heterocycles. The molecule has 0 radical (unpaired) electrons. The van der Waals surface area contributed by atoms with Crippen molar-refractivity contribution in [2.24, 2.45) is 11.8 Å². The number of hydrogen-bond donors (Lipinski definition) is 1. The standard InChI is InChI=1S/C15H31N/c1-13(2)9-8-11-15(14(3)4)10-6-5-7-12-16-15/h13-14,16H,5-12H2,1-4H3. The van der Waals surface area contributed by atoms with Crippen LogP contribution in [-0.2, 0) is 0 Å². The Balaban J connectivity index is 2.49. The molecule has 0 aromatic heterocycles. The summed E-state index contributed by atoms with van der Waals surface area (Å²) in [5, 5.41) is 3.87. The molecule has 1 aliphatic rings. The lowest BCUT2D eigenvalue weighted by Crippen LogP contribution is -2.49. The molecule has 1 atom stereocenters. The lowest BCUT2D eigenvalue weighted by Gasteiger charge is -2.38. The summed E-state index contributed by atoms with van der Waals surface area (Å²) in [6, 6.07) is 0. The summed E-state index contributed by atoms with van der Waals surface area (Å²) in [7, 11) is 0. The Bertz CT molecular complexity index is 176. The fourth-order valence-electron chi connectivity index (χ4n) is 2.99. The van der Waals surface area contributed by atoms with Crippen LogP contribution in [-0.4, -0.2) is 12.1 Å². The molecule has 0 amide bonds. The summed E-state index contributed by atoms with van der Waals surface area (Å²) < 4.78 is 0. The molecule has 1 N–H and O–H groups in total. The molecule has 96 valence electrons. The highest BCUT2D eigenvalue weighted by molar-refractivity contribution is 4.92. The Hall–Kier alpha value is -0.0400. The Morgan fingerprint density at radius 1 is 1.06 bits per heavy atom. The minimum absolute atomic E-state index is 0.450. The minimum Gasteiger partial charge on any atom is -0.311 e. The zero-order valence-electron chi connectivity index (χ0n) is 11.8. The van der Waals surface area contributed by atoms with Gasteiger partial charge in [0.2, 0.25) is 0 Å². The van der Waals surface area contributed by atoms with Gasteiger partial charge in [0.25, 0.3) is 0 Å². The van der Waals surface area contributed by atoms with Crippen molar-refractivity contribution >= 4 is 0 Å². The van der Waals surface area contributed by atoms with E-state index in [1.807, 2.05) is 0 Å². The summed E-state index contributed by atoms with van der Waals surface area (Å²) in [5.74, 6) is 1.63. The largest absolute Gasteiger partial charge is 0.311 e. The van der Waals surface area contributed by atoms with Crippen molar-refractivity contribution in [3.63, 3.8) is 0 Å². The quantitative estimate of drug-likeness (QED) is 0.732. The van der Waals surface area contributed by atoms with Gasteiger partial charge in [-0.05, 0) is 37.6 Å². The maximum absolute atomic E-state index is 3.87. The average Bonchev–Trinajstić information content (AvgIpc) is 2.43. The van der Waals surface area contributed by atoms with Crippen LogP contribution in [0.1, 0.15) is 72.6 Å².